The highest BCUT2D eigenvalue weighted by Gasteiger charge is 2.22. The van der Waals surface area contributed by atoms with E-state index < -0.39 is 0 Å². The Hall–Kier alpha value is -2.87. The van der Waals surface area contributed by atoms with Crippen LogP contribution in [0.1, 0.15) is 35.3 Å². The fraction of sp³-hybridized carbons (Fsp3) is 0.476. The molecule has 0 aliphatic carbocycles. The number of amides is 1. The molecule has 0 unspecified atom stereocenters. The van der Waals surface area contributed by atoms with Gasteiger partial charge in [0.25, 0.3) is 11.5 Å². The summed E-state index contributed by atoms with van der Waals surface area (Å²) in [5.74, 6) is 0.699. The minimum Gasteiger partial charge on any atom is -0.383 e. The predicted octanol–water partition coefficient (Wildman–Crippen LogP) is 2.19. The lowest BCUT2D eigenvalue weighted by atomic mass is 10.1. The van der Waals surface area contributed by atoms with Gasteiger partial charge in [-0.3, -0.25) is 14.0 Å². The maximum absolute atomic E-state index is 12.9. The van der Waals surface area contributed by atoms with Gasteiger partial charge in [-0.25, -0.2) is 4.98 Å². The van der Waals surface area contributed by atoms with Crippen molar-refractivity contribution < 1.29 is 9.53 Å². The zero-order valence-corrected chi connectivity index (χ0v) is 17.2. The minimum atomic E-state index is -0.165. The van der Waals surface area contributed by atoms with E-state index in [-0.39, 0.29) is 11.5 Å². The molecule has 3 aromatic rings. The molecule has 1 amide bonds. The van der Waals surface area contributed by atoms with E-state index in [4.69, 9.17) is 9.72 Å². The Kier molecular flexibility index (Phi) is 5.27. The number of rotatable bonds is 5. The van der Waals surface area contributed by atoms with Crippen LogP contribution < -0.4 is 10.5 Å². The third-order valence-corrected chi connectivity index (χ3v) is 5.60. The molecule has 29 heavy (non-hydrogen) atoms. The van der Waals surface area contributed by atoms with E-state index in [1.165, 1.54) is 6.42 Å². The van der Waals surface area contributed by atoms with Gasteiger partial charge in [-0.2, -0.15) is 0 Å². The summed E-state index contributed by atoms with van der Waals surface area (Å²) in [6.07, 6.45) is 3.44. The highest BCUT2D eigenvalue weighted by Crippen LogP contribution is 2.26. The molecule has 1 N–H and O–H groups in total. The quantitative estimate of drug-likeness (QED) is 0.714. The smallest absolute Gasteiger partial charge is 0.274 e. The van der Waals surface area contributed by atoms with Crippen LogP contribution in [0.25, 0.3) is 16.6 Å². The fourth-order valence-corrected chi connectivity index (χ4v) is 4.00. The fourth-order valence-electron chi connectivity index (χ4n) is 4.00. The van der Waals surface area contributed by atoms with Crippen LogP contribution in [0, 0.1) is 6.92 Å². The number of nitrogens with one attached hydrogen (secondary N) is 1. The van der Waals surface area contributed by atoms with E-state index >= 15 is 0 Å². The number of aryl methyl sites for hydroxylation is 1. The summed E-state index contributed by atoms with van der Waals surface area (Å²) in [5, 5.41) is 0. The average Bonchev–Trinajstić information content (AvgIpc) is 3.10. The van der Waals surface area contributed by atoms with Crippen molar-refractivity contribution >= 4 is 28.4 Å². The molecule has 0 saturated carbocycles. The Morgan fingerprint density at radius 3 is 2.76 bits per heavy atom. The molecule has 1 aliphatic rings. The summed E-state index contributed by atoms with van der Waals surface area (Å²) < 4.78 is 6.99. The molecule has 1 aromatic carbocycles. The normalized spacial score (nSPS) is 14.7. The van der Waals surface area contributed by atoms with Gasteiger partial charge in [0.15, 0.2) is 0 Å². The second-order valence-corrected chi connectivity index (χ2v) is 7.63. The summed E-state index contributed by atoms with van der Waals surface area (Å²) in [4.78, 5) is 37.1. The second-order valence-electron chi connectivity index (χ2n) is 7.63. The van der Waals surface area contributed by atoms with Crippen molar-refractivity contribution in [3.63, 3.8) is 0 Å². The molecule has 1 saturated heterocycles. The number of benzene rings is 1. The number of aromatic amines is 1. The lowest BCUT2D eigenvalue weighted by Gasteiger charge is -2.27. The number of piperidine rings is 1. The number of carbonyl (C=O) groups is 1. The zero-order valence-electron chi connectivity index (χ0n) is 17.2. The monoisotopic (exact) mass is 397 g/mol. The van der Waals surface area contributed by atoms with Crippen LogP contribution in [-0.4, -0.2) is 65.6 Å². The summed E-state index contributed by atoms with van der Waals surface area (Å²) in [5.41, 5.74) is 3.11. The zero-order chi connectivity index (χ0) is 20.5. The van der Waals surface area contributed by atoms with Crippen molar-refractivity contribution in [1.29, 1.82) is 0 Å². The molecule has 2 aromatic heterocycles. The van der Waals surface area contributed by atoms with Crippen molar-refractivity contribution in [3.8, 4) is 0 Å². The van der Waals surface area contributed by atoms with Crippen molar-refractivity contribution in [1.82, 2.24) is 19.3 Å². The third kappa shape index (κ3) is 3.48. The molecule has 0 bridgehead atoms. The molecule has 0 atom stereocenters. The molecule has 8 nitrogen and oxygen atoms in total. The molecular formula is C21H27N5O3. The van der Waals surface area contributed by atoms with Crippen LogP contribution in [-0.2, 0) is 4.74 Å². The largest absolute Gasteiger partial charge is 0.383 e. The first-order valence-electron chi connectivity index (χ1n) is 10.1. The second kappa shape index (κ2) is 7.87. The summed E-state index contributed by atoms with van der Waals surface area (Å²) in [6, 6.07) is 5.39. The number of hydrogen-bond donors (Lipinski definition) is 1. The van der Waals surface area contributed by atoms with Gasteiger partial charge in [-0.1, -0.05) is 0 Å². The number of fused-ring (bicyclic) bond motifs is 3. The maximum atomic E-state index is 12.9. The molecule has 154 valence electrons. The van der Waals surface area contributed by atoms with E-state index in [1.54, 1.807) is 31.2 Å². The molecule has 8 heteroatoms. The summed E-state index contributed by atoms with van der Waals surface area (Å²) in [6.45, 7) is 4.69. The van der Waals surface area contributed by atoms with E-state index in [0.29, 0.717) is 35.4 Å². The Morgan fingerprint density at radius 2 is 2.03 bits per heavy atom. The standard InChI is InChI=1S/C21H27N5O3/c1-14-18-19(27)23-16-8-7-15(20(28)24(2)11-12-29-3)13-17(16)26(18)21(22-14)25-9-5-4-6-10-25/h7-8,13H,4-6,9-12H2,1-3H3,(H,23,27). The highest BCUT2D eigenvalue weighted by molar-refractivity contribution is 5.97. The lowest BCUT2D eigenvalue weighted by molar-refractivity contribution is 0.0744. The van der Waals surface area contributed by atoms with E-state index in [1.807, 2.05) is 17.4 Å². The predicted molar refractivity (Wildman–Crippen MR) is 113 cm³/mol. The van der Waals surface area contributed by atoms with E-state index in [0.717, 1.165) is 37.4 Å². The third-order valence-electron chi connectivity index (χ3n) is 5.60. The van der Waals surface area contributed by atoms with Crippen LogP contribution in [0.2, 0.25) is 0 Å². The first-order valence-corrected chi connectivity index (χ1v) is 10.1. The molecular weight excluding hydrogens is 370 g/mol. The van der Waals surface area contributed by atoms with E-state index in [9.17, 15) is 9.59 Å². The number of anilines is 1. The van der Waals surface area contributed by atoms with Crippen LogP contribution >= 0.6 is 0 Å². The van der Waals surface area contributed by atoms with Crippen LogP contribution in [0.4, 0.5) is 5.95 Å². The first kappa shape index (κ1) is 19.4. The lowest BCUT2D eigenvalue weighted by Crippen LogP contribution is -2.31. The number of hydrogen-bond acceptors (Lipinski definition) is 5. The molecule has 0 spiro atoms. The number of aromatic nitrogens is 3. The number of imidazole rings is 1. The summed E-state index contributed by atoms with van der Waals surface area (Å²) in [7, 11) is 3.37. The number of methoxy groups -OCH3 is 1. The molecule has 1 fully saturated rings. The van der Waals surface area contributed by atoms with Crippen molar-refractivity contribution in [2.45, 2.75) is 26.2 Å². The van der Waals surface area contributed by atoms with Gasteiger partial charge < -0.3 is 19.5 Å². The van der Waals surface area contributed by atoms with Gasteiger partial charge in [-0.15, -0.1) is 0 Å². The van der Waals surface area contributed by atoms with Crippen molar-refractivity contribution in [2.75, 3.05) is 45.3 Å². The van der Waals surface area contributed by atoms with Crippen LogP contribution in [0.15, 0.2) is 23.0 Å². The number of carbonyl (C=O) groups excluding carboxylic acids is 1. The molecule has 4 rings (SSSR count). The molecule has 3 heterocycles. The van der Waals surface area contributed by atoms with Gasteiger partial charge in [0.1, 0.15) is 5.52 Å². The topological polar surface area (TPSA) is 82.9 Å². The van der Waals surface area contributed by atoms with Crippen LogP contribution in [0.3, 0.4) is 0 Å². The Labute approximate surface area is 169 Å². The highest BCUT2D eigenvalue weighted by atomic mass is 16.5. The minimum absolute atomic E-state index is 0.0836. The SMILES string of the molecule is COCCN(C)C(=O)c1ccc2[nH]c(=O)c3c(C)nc(N4CCCCC4)n3c2c1. The Morgan fingerprint density at radius 1 is 1.28 bits per heavy atom. The van der Waals surface area contributed by atoms with Crippen LogP contribution in [0.5, 0.6) is 0 Å². The van der Waals surface area contributed by atoms with Crippen molar-refractivity contribution in [2.24, 2.45) is 0 Å². The molecule has 1 aliphatic heterocycles. The van der Waals surface area contributed by atoms with Gasteiger partial charge in [-0.05, 0) is 44.4 Å². The van der Waals surface area contributed by atoms with Gasteiger partial charge in [0, 0.05) is 39.4 Å². The van der Waals surface area contributed by atoms with Crippen molar-refractivity contribution in [3.05, 3.63) is 39.8 Å². The van der Waals surface area contributed by atoms with E-state index in [2.05, 4.69) is 9.88 Å². The van der Waals surface area contributed by atoms with Gasteiger partial charge in [0.05, 0.1) is 23.3 Å². The number of ether oxygens (including phenoxy) is 1. The average molecular weight is 397 g/mol. The Bertz CT molecular complexity index is 1110. The number of nitrogens with zero attached hydrogens (tertiary/aromatic N) is 4. The van der Waals surface area contributed by atoms with Gasteiger partial charge in [0.2, 0.25) is 5.95 Å². The van der Waals surface area contributed by atoms with Gasteiger partial charge >= 0.3 is 0 Å². The number of H-pyrrole nitrogens is 1. The summed E-state index contributed by atoms with van der Waals surface area (Å²) >= 11 is 0. The first-order chi connectivity index (χ1) is 14.0. The number of likely N-dealkylation sites (N-methyl/N-ethyl adjacent to an activating group) is 1. The Balaban J connectivity index is 1.88. The maximum Gasteiger partial charge on any atom is 0.274 e. The molecule has 0 radical (unpaired) electrons.